The van der Waals surface area contributed by atoms with Crippen LogP contribution in [0.25, 0.3) is 0 Å². The van der Waals surface area contributed by atoms with E-state index in [4.69, 9.17) is 4.74 Å². The first kappa shape index (κ1) is 14.1. The lowest BCUT2D eigenvalue weighted by Gasteiger charge is -2.12. The summed E-state index contributed by atoms with van der Waals surface area (Å²) in [6.07, 6.45) is 0. The predicted octanol–water partition coefficient (Wildman–Crippen LogP) is 3.70. The lowest BCUT2D eigenvalue weighted by atomic mass is 10.1. The van der Waals surface area contributed by atoms with Gasteiger partial charge < -0.3 is 10.1 Å². The smallest absolute Gasteiger partial charge is 0.255 e. The van der Waals surface area contributed by atoms with E-state index in [1.54, 1.807) is 0 Å². The Morgan fingerprint density at radius 2 is 1.80 bits per heavy atom. The number of benzene rings is 2. The molecule has 0 aliphatic carbocycles. The van der Waals surface area contributed by atoms with Gasteiger partial charge in [0.2, 0.25) is 0 Å². The van der Waals surface area contributed by atoms with Crippen molar-refractivity contribution in [2.24, 2.45) is 0 Å². The van der Waals surface area contributed by atoms with Crippen LogP contribution in [0, 0.1) is 19.7 Å². The molecule has 1 N–H and O–H groups in total. The van der Waals surface area contributed by atoms with Gasteiger partial charge in [0.25, 0.3) is 5.91 Å². The molecule has 0 aliphatic heterocycles. The summed E-state index contributed by atoms with van der Waals surface area (Å²) < 4.78 is 18.4. The van der Waals surface area contributed by atoms with Gasteiger partial charge in [-0.05, 0) is 43.2 Å². The standard InChI is InChI=1S/C16H16FNO2/c1-10-5-4-6-11(2)15(10)18-16(19)12-7-8-14(20-3)13(17)9-12/h4-9H,1-3H3,(H,18,19). The number of halogens is 1. The summed E-state index contributed by atoms with van der Waals surface area (Å²) in [5.74, 6) is -0.778. The first-order valence-electron chi connectivity index (χ1n) is 6.24. The van der Waals surface area contributed by atoms with Crippen molar-refractivity contribution in [1.82, 2.24) is 0 Å². The number of ether oxygens (including phenoxy) is 1. The minimum absolute atomic E-state index is 0.119. The molecule has 0 aromatic heterocycles. The number of carbonyl (C=O) groups excluding carboxylic acids is 1. The minimum atomic E-state index is -0.554. The second-order valence-corrected chi connectivity index (χ2v) is 4.57. The maximum atomic E-state index is 13.6. The molecule has 4 heteroatoms. The van der Waals surface area contributed by atoms with E-state index in [9.17, 15) is 9.18 Å². The Balaban J connectivity index is 2.26. The quantitative estimate of drug-likeness (QED) is 0.926. The van der Waals surface area contributed by atoms with E-state index in [1.165, 1.54) is 25.3 Å². The number of aryl methyl sites for hydroxylation is 2. The third-order valence-corrected chi connectivity index (χ3v) is 3.13. The third kappa shape index (κ3) is 2.79. The molecule has 0 spiro atoms. The number of carbonyl (C=O) groups is 1. The Hall–Kier alpha value is -2.36. The van der Waals surface area contributed by atoms with Gasteiger partial charge in [0, 0.05) is 11.3 Å². The molecule has 2 rings (SSSR count). The van der Waals surface area contributed by atoms with Gasteiger partial charge in [-0.25, -0.2) is 4.39 Å². The average Bonchev–Trinajstić information content (AvgIpc) is 2.42. The maximum absolute atomic E-state index is 13.6. The minimum Gasteiger partial charge on any atom is -0.494 e. The summed E-state index contributed by atoms with van der Waals surface area (Å²) in [4.78, 5) is 12.2. The number of nitrogens with one attached hydrogen (secondary N) is 1. The number of amides is 1. The zero-order chi connectivity index (χ0) is 14.7. The SMILES string of the molecule is COc1ccc(C(=O)Nc2c(C)cccc2C)cc1F. The Labute approximate surface area is 117 Å². The van der Waals surface area contributed by atoms with Gasteiger partial charge >= 0.3 is 0 Å². The molecule has 0 saturated carbocycles. The Bertz CT molecular complexity index is 633. The zero-order valence-corrected chi connectivity index (χ0v) is 11.7. The zero-order valence-electron chi connectivity index (χ0n) is 11.7. The highest BCUT2D eigenvalue weighted by molar-refractivity contribution is 6.05. The van der Waals surface area contributed by atoms with Crippen molar-refractivity contribution in [3.05, 3.63) is 58.9 Å². The van der Waals surface area contributed by atoms with Crippen molar-refractivity contribution >= 4 is 11.6 Å². The van der Waals surface area contributed by atoms with Gasteiger partial charge in [0.15, 0.2) is 11.6 Å². The molecule has 0 atom stereocenters. The molecule has 0 unspecified atom stereocenters. The van der Waals surface area contributed by atoms with Crippen molar-refractivity contribution in [2.45, 2.75) is 13.8 Å². The van der Waals surface area contributed by atoms with Crippen molar-refractivity contribution in [2.75, 3.05) is 12.4 Å². The monoisotopic (exact) mass is 273 g/mol. The van der Waals surface area contributed by atoms with Crippen LogP contribution >= 0.6 is 0 Å². The molecular formula is C16H16FNO2. The van der Waals surface area contributed by atoms with Gasteiger partial charge in [-0.1, -0.05) is 18.2 Å². The van der Waals surface area contributed by atoms with E-state index in [0.29, 0.717) is 0 Å². The number of methoxy groups -OCH3 is 1. The lowest BCUT2D eigenvalue weighted by molar-refractivity contribution is 0.102. The van der Waals surface area contributed by atoms with E-state index >= 15 is 0 Å². The highest BCUT2D eigenvalue weighted by Gasteiger charge is 2.12. The molecule has 0 heterocycles. The predicted molar refractivity (Wildman–Crippen MR) is 76.8 cm³/mol. The molecule has 0 radical (unpaired) electrons. The maximum Gasteiger partial charge on any atom is 0.255 e. The van der Waals surface area contributed by atoms with Gasteiger partial charge in [0.05, 0.1) is 7.11 Å². The summed E-state index contributed by atoms with van der Waals surface area (Å²) in [5, 5.41) is 2.81. The van der Waals surface area contributed by atoms with Gasteiger partial charge in [-0.2, -0.15) is 0 Å². The summed E-state index contributed by atoms with van der Waals surface area (Å²) in [5.41, 5.74) is 2.94. The van der Waals surface area contributed by atoms with Crippen LogP contribution in [0.3, 0.4) is 0 Å². The van der Waals surface area contributed by atoms with Crippen LogP contribution in [0.2, 0.25) is 0 Å². The number of para-hydroxylation sites is 1. The van der Waals surface area contributed by atoms with E-state index in [-0.39, 0.29) is 17.2 Å². The summed E-state index contributed by atoms with van der Waals surface area (Å²) in [6, 6.07) is 9.89. The highest BCUT2D eigenvalue weighted by Crippen LogP contribution is 2.22. The fourth-order valence-electron chi connectivity index (χ4n) is 2.00. The average molecular weight is 273 g/mol. The Morgan fingerprint density at radius 3 is 2.35 bits per heavy atom. The molecule has 0 aliphatic rings. The van der Waals surface area contributed by atoms with Crippen molar-refractivity contribution in [1.29, 1.82) is 0 Å². The molecule has 3 nitrogen and oxygen atoms in total. The fraction of sp³-hybridized carbons (Fsp3) is 0.188. The Kier molecular flexibility index (Phi) is 4.03. The van der Waals surface area contributed by atoms with Crippen LogP contribution in [-0.2, 0) is 0 Å². The molecular weight excluding hydrogens is 257 g/mol. The largest absolute Gasteiger partial charge is 0.494 e. The van der Waals surface area contributed by atoms with Crippen LogP contribution in [0.15, 0.2) is 36.4 Å². The van der Waals surface area contributed by atoms with Crippen molar-refractivity contribution in [3.8, 4) is 5.75 Å². The second kappa shape index (κ2) is 5.74. The second-order valence-electron chi connectivity index (χ2n) is 4.57. The first-order valence-corrected chi connectivity index (χ1v) is 6.24. The molecule has 1 amide bonds. The fourth-order valence-corrected chi connectivity index (χ4v) is 2.00. The van der Waals surface area contributed by atoms with Crippen LogP contribution in [0.4, 0.5) is 10.1 Å². The molecule has 2 aromatic rings. The molecule has 104 valence electrons. The number of hydrogen-bond acceptors (Lipinski definition) is 2. The normalized spacial score (nSPS) is 10.2. The van der Waals surface area contributed by atoms with Gasteiger partial charge in [0.1, 0.15) is 0 Å². The molecule has 0 saturated heterocycles. The number of hydrogen-bond donors (Lipinski definition) is 1. The molecule has 0 bridgehead atoms. The van der Waals surface area contributed by atoms with Gasteiger partial charge in [-0.3, -0.25) is 4.79 Å². The molecule has 2 aromatic carbocycles. The van der Waals surface area contributed by atoms with E-state index in [1.807, 2.05) is 32.0 Å². The van der Waals surface area contributed by atoms with E-state index < -0.39 is 5.82 Å². The van der Waals surface area contributed by atoms with E-state index in [0.717, 1.165) is 16.8 Å². The summed E-state index contributed by atoms with van der Waals surface area (Å²) in [7, 11) is 1.38. The van der Waals surface area contributed by atoms with Crippen LogP contribution < -0.4 is 10.1 Å². The van der Waals surface area contributed by atoms with Crippen molar-refractivity contribution < 1.29 is 13.9 Å². The van der Waals surface area contributed by atoms with Crippen LogP contribution in [0.5, 0.6) is 5.75 Å². The molecule has 0 fully saturated rings. The topological polar surface area (TPSA) is 38.3 Å². The third-order valence-electron chi connectivity index (χ3n) is 3.13. The highest BCUT2D eigenvalue weighted by atomic mass is 19.1. The van der Waals surface area contributed by atoms with Gasteiger partial charge in [-0.15, -0.1) is 0 Å². The van der Waals surface area contributed by atoms with Crippen LogP contribution in [0.1, 0.15) is 21.5 Å². The summed E-state index contributed by atoms with van der Waals surface area (Å²) >= 11 is 0. The lowest BCUT2D eigenvalue weighted by Crippen LogP contribution is -2.14. The number of anilines is 1. The first-order chi connectivity index (χ1) is 9.52. The summed E-state index contributed by atoms with van der Waals surface area (Å²) in [6.45, 7) is 3.83. The van der Waals surface area contributed by atoms with Crippen LogP contribution in [-0.4, -0.2) is 13.0 Å². The van der Waals surface area contributed by atoms with Crippen molar-refractivity contribution in [3.63, 3.8) is 0 Å². The number of rotatable bonds is 3. The Morgan fingerprint density at radius 1 is 1.15 bits per heavy atom. The van der Waals surface area contributed by atoms with E-state index in [2.05, 4.69) is 5.32 Å². The molecule has 20 heavy (non-hydrogen) atoms.